The largest absolute Gasteiger partial charge is 0.336 e. The predicted octanol–water partition coefficient (Wildman–Crippen LogP) is 1.64. The van der Waals surface area contributed by atoms with Gasteiger partial charge in [-0.1, -0.05) is 37.6 Å². The average Bonchev–Trinajstić information content (AvgIpc) is 2.79. The number of hydrogen-bond acceptors (Lipinski definition) is 4. The van der Waals surface area contributed by atoms with Gasteiger partial charge in [-0.15, -0.1) is 0 Å². The molecule has 1 aromatic carbocycles. The fourth-order valence-corrected chi connectivity index (χ4v) is 2.94. The molecule has 146 valence electrons. The first-order chi connectivity index (χ1) is 12.7. The van der Waals surface area contributed by atoms with Crippen LogP contribution in [0.1, 0.15) is 45.2 Å². The van der Waals surface area contributed by atoms with Crippen molar-refractivity contribution in [2.45, 2.75) is 52.1 Å². The van der Waals surface area contributed by atoms with Crippen LogP contribution in [-0.4, -0.2) is 41.4 Å². The molecule has 0 spiro atoms. The van der Waals surface area contributed by atoms with Crippen LogP contribution in [0.5, 0.6) is 0 Å². The highest BCUT2D eigenvalue weighted by atomic mass is 16.2. The number of nitrogens with one attached hydrogen (secondary N) is 3. The van der Waals surface area contributed by atoms with Crippen LogP contribution in [0, 0.1) is 0 Å². The van der Waals surface area contributed by atoms with Gasteiger partial charge in [-0.05, 0) is 38.3 Å². The predicted molar refractivity (Wildman–Crippen MR) is 99.8 cm³/mol. The molecule has 0 saturated carbocycles. The van der Waals surface area contributed by atoms with Crippen molar-refractivity contribution in [1.82, 2.24) is 20.9 Å². The van der Waals surface area contributed by atoms with Crippen LogP contribution in [-0.2, 0) is 21.5 Å². The van der Waals surface area contributed by atoms with Gasteiger partial charge in [-0.3, -0.25) is 19.8 Å². The summed E-state index contributed by atoms with van der Waals surface area (Å²) in [5.41, 5.74) is 0.539. The third-order valence-corrected chi connectivity index (χ3v) is 4.32. The van der Waals surface area contributed by atoms with E-state index in [0.717, 1.165) is 23.3 Å². The van der Waals surface area contributed by atoms with E-state index in [0.29, 0.717) is 5.56 Å². The first-order valence-electron chi connectivity index (χ1n) is 9.01. The number of rotatable bonds is 6. The maximum Gasteiger partial charge on any atom is 0.325 e. The molecule has 0 unspecified atom stereocenters. The van der Waals surface area contributed by atoms with Crippen molar-refractivity contribution in [1.29, 1.82) is 0 Å². The average molecular weight is 374 g/mol. The monoisotopic (exact) mass is 374 g/mol. The molecule has 2 rings (SSSR count). The summed E-state index contributed by atoms with van der Waals surface area (Å²) >= 11 is 0. The van der Waals surface area contributed by atoms with E-state index in [1.54, 1.807) is 20.8 Å². The maximum absolute atomic E-state index is 12.8. The van der Waals surface area contributed by atoms with Crippen molar-refractivity contribution >= 4 is 23.9 Å². The molecule has 3 N–H and O–H groups in total. The standard InChI is InChI=1S/C19H26N4O4/c1-5-6-13-7-9-14(10-8-13)19(4)16(25)23(18(27)22-19)11-15(24)21-17(26)20-12(2)3/h7-10,12H,5-6,11H2,1-4H3,(H,22,27)(H2,20,21,24,26)/t19-/m1/s1. The van der Waals surface area contributed by atoms with Gasteiger partial charge < -0.3 is 10.6 Å². The molecule has 1 atom stereocenters. The van der Waals surface area contributed by atoms with Gasteiger partial charge in [0.15, 0.2) is 0 Å². The van der Waals surface area contributed by atoms with Crippen molar-refractivity contribution in [3.05, 3.63) is 35.4 Å². The van der Waals surface area contributed by atoms with Crippen molar-refractivity contribution in [2.75, 3.05) is 6.54 Å². The van der Waals surface area contributed by atoms with Gasteiger partial charge in [0.2, 0.25) is 5.91 Å². The summed E-state index contributed by atoms with van der Waals surface area (Å²) in [7, 11) is 0. The number of carbonyl (C=O) groups is 4. The van der Waals surface area contributed by atoms with Gasteiger partial charge in [0.1, 0.15) is 12.1 Å². The molecule has 0 radical (unpaired) electrons. The first-order valence-corrected chi connectivity index (χ1v) is 9.01. The van der Waals surface area contributed by atoms with E-state index in [9.17, 15) is 19.2 Å². The molecule has 27 heavy (non-hydrogen) atoms. The minimum Gasteiger partial charge on any atom is -0.336 e. The molecule has 0 aromatic heterocycles. The summed E-state index contributed by atoms with van der Waals surface area (Å²) in [6.45, 7) is 6.66. The molecule has 6 amide bonds. The third kappa shape index (κ3) is 4.64. The number of urea groups is 2. The quantitative estimate of drug-likeness (QED) is 0.658. The lowest BCUT2D eigenvalue weighted by molar-refractivity contribution is -0.134. The Morgan fingerprint density at radius 2 is 1.81 bits per heavy atom. The molecule has 1 fully saturated rings. The van der Waals surface area contributed by atoms with Gasteiger partial charge >= 0.3 is 12.1 Å². The first kappa shape index (κ1) is 20.4. The Morgan fingerprint density at radius 3 is 2.37 bits per heavy atom. The van der Waals surface area contributed by atoms with Crippen LogP contribution in [0.15, 0.2) is 24.3 Å². The molecule has 1 saturated heterocycles. The van der Waals surface area contributed by atoms with Gasteiger partial charge in [-0.2, -0.15) is 0 Å². The Hall–Kier alpha value is -2.90. The van der Waals surface area contributed by atoms with Crippen LogP contribution in [0.2, 0.25) is 0 Å². The zero-order chi connectivity index (χ0) is 20.2. The zero-order valence-electron chi connectivity index (χ0n) is 16.1. The van der Waals surface area contributed by atoms with Gasteiger partial charge in [0.05, 0.1) is 0 Å². The lowest BCUT2D eigenvalue weighted by atomic mass is 9.91. The molecule has 1 heterocycles. The van der Waals surface area contributed by atoms with Crippen LogP contribution in [0.25, 0.3) is 0 Å². The Bertz CT molecular complexity index is 745. The van der Waals surface area contributed by atoms with Crippen molar-refractivity contribution in [2.24, 2.45) is 0 Å². The summed E-state index contributed by atoms with van der Waals surface area (Å²) in [5.74, 6) is -1.27. The minimum absolute atomic E-state index is 0.145. The van der Waals surface area contributed by atoms with Crippen molar-refractivity contribution in [3.63, 3.8) is 0 Å². The molecular weight excluding hydrogens is 348 g/mol. The SMILES string of the molecule is CCCc1ccc([C@@]2(C)NC(=O)N(CC(=O)NC(=O)NC(C)C)C2=O)cc1. The molecular formula is C19H26N4O4. The lowest BCUT2D eigenvalue weighted by Gasteiger charge is -2.22. The second-order valence-electron chi connectivity index (χ2n) is 7.07. The third-order valence-electron chi connectivity index (χ3n) is 4.32. The van der Waals surface area contributed by atoms with E-state index in [-0.39, 0.29) is 6.04 Å². The number of nitrogens with zero attached hydrogens (tertiary/aromatic N) is 1. The number of benzene rings is 1. The van der Waals surface area contributed by atoms with E-state index in [4.69, 9.17) is 0 Å². The Kier molecular flexibility index (Phi) is 6.20. The maximum atomic E-state index is 12.8. The molecule has 8 nitrogen and oxygen atoms in total. The van der Waals surface area contributed by atoms with Crippen molar-refractivity contribution in [3.8, 4) is 0 Å². The van der Waals surface area contributed by atoms with Crippen LogP contribution >= 0.6 is 0 Å². The number of aryl methyl sites for hydroxylation is 1. The molecule has 8 heteroatoms. The number of amides is 6. The Morgan fingerprint density at radius 1 is 1.19 bits per heavy atom. The second kappa shape index (κ2) is 8.20. The smallest absolute Gasteiger partial charge is 0.325 e. The molecule has 1 aromatic rings. The van der Waals surface area contributed by atoms with E-state index >= 15 is 0 Å². The number of hydrogen-bond donors (Lipinski definition) is 3. The topological polar surface area (TPSA) is 108 Å². The molecule has 0 aliphatic carbocycles. The summed E-state index contributed by atoms with van der Waals surface area (Å²) in [5, 5.41) is 7.25. The normalized spacial score (nSPS) is 19.2. The minimum atomic E-state index is -1.25. The second-order valence-corrected chi connectivity index (χ2v) is 7.07. The lowest BCUT2D eigenvalue weighted by Crippen LogP contribution is -2.48. The summed E-state index contributed by atoms with van der Waals surface area (Å²) in [6.07, 6.45) is 1.95. The fourth-order valence-electron chi connectivity index (χ4n) is 2.94. The summed E-state index contributed by atoms with van der Waals surface area (Å²) < 4.78 is 0. The van der Waals surface area contributed by atoms with Gasteiger partial charge in [-0.25, -0.2) is 9.59 Å². The molecule has 0 bridgehead atoms. The summed E-state index contributed by atoms with van der Waals surface area (Å²) in [6, 6.07) is 5.99. The van der Waals surface area contributed by atoms with Crippen LogP contribution in [0.4, 0.5) is 9.59 Å². The Labute approximate surface area is 158 Å². The summed E-state index contributed by atoms with van der Waals surface area (Å²) in [4.78, 5) is 49.5. The fraction of sp³-hybridized carbons (Fsp3) is 0.474. The highest BCUT2D eigenvalue weighted by Crippen LogP contribution is 2.29. The van der Waals surface area contributed by atoms with Gasteiger partial charge in [0, 0.05) is 6.04 Å². The van der Waals surface area contributed by atoms with Crippen LogP contribution in [0.3, 0.4) is 0 Å². The van der Waals surface area contributed by atoms with E-state index in [1.807, 2.05) is 24.3 Å². The van der Waals surface area contributed by atoms with E-state index < -0.39 is 36.0 Å². The zero-order valence-corrected chi connectivity index (χ0v) is 16.1. The highest BCUT2D eigenvalue weighted by Gasteiger charge is 2.49. The number of imide groups is 2. The number of carbonyl (C=O) groups excluding carboxylic acids is 4. The van der Waals surface area contributed by atoms with Crippen molar-refractivity contribution < 1.29 is 19.2 Å². The Balaban J connectivity index is 2.09. The van der Waals surface area contributed by atoms with Gasteiger partial charge in [0.25, 0.3) is 5.91 Å². The van der Waals surface area contributed by atoms with Crippen LogP contribution < -0.4 is 16.0 Å². The molecule has 1 aliphatic rings. The highest BCUT2D eigenvalue weighted by molar-refractivity contribution is 6.10. The van der Waals surface area contributed by atoms with E-state index in [1.165, 1.54) is 0 Å². The van der Waals surface area contributed by atoms with E-state index in [2.05, 4.69) is 22.9 Å². The molecule has 1 aliphatic heterocycles.